The van der Waals surface area contributed by atoms with Gasteiger partial charge in [-0.25, -0.2) is 0 Å². The van der Waals surface area contributed by atoms with Crippen LogP contribution < -0.4 is 4.74 Å². The molecule has 0 atom stereocenters. The molecule has 5 heteroatoms. The Kier molecular flexibility index (Phi) is 6.07. The van der Waals surface area contributed by atoms with Crippen molar-refractivity contribution in [3.05, 3.63) is 57.6 Å². The van der Waals surface area contributed by atoms with Crippen LogP contribution in [-0.2, 0) is 5.41 Å². The van der Waals surface area contributed by atoms with Gasteiger partial charge >= 0.3 is 0 Å². The van der Waals surface area contributed by atoms with Gasteiger partial charge in [-0.3, -0.25) is 0 Å². The van der Waals surface area contributed by atoms with Crippen LogP contribution in [0.4, 0.5) is 0 Å². The molecule has 1 N–H and O–H groups in total. The second-order valence-electron chi connectivity index (χ2n) is 5.83. The molecule has 0 radical (unpaired) electrons. The minimum Gasteiger partial charge on any atom is -0.508 e. The van der Waals surface area contributed by atoms with Crippen LogP contribution in [0.15, 0.2) is 36.4 Å². The van der Waals surface area contributed by atoms with Gasteiger partial charge in [0, 0.05) is 11.3 Å². The van der Waals surface area contributed by atoms with E-state index in [-0.39, 0.29) is 11.2 Å². The number of ether oxygens (including phenoxy) is 1. The largest absolute Gasteiger partial charge is 0.508 e. The van der Waals surface area contributed by atoms with Gasteiger partial charge in [-0.1, -0.05) is 49.2 Å². The monoisotopic (exact) mass is 372 g/mol. The lowest BCUT2D eigenvalue weighted by molar-refractivity contribution is 0.318. The average Bonchev–Trinajstić information content (AvgIpc) is 2.50. The summed E-state index contributed by atoms with van der Waals surface area (Å²) in [7, 11) is 0. The molecule has 0 saturated heterocycles. The fourth-order valence-electron chi connectivity index (χ4n) is 2.33. The zero-order valence-corrected chi connectivity index (χ0v) is 15.3. The first-order valence-electron chi connectivity index (χ1n) is 7.34. The van der Waals surface area contributed by atoms with Gasteiger partial charge in [-0.2, -0.15) is 0 Å². The topological polar surface area (TPSA) is 29.5 Å². The number of alkyl halides is 1. The predicted molar refractivity (Wildman–Crippen MR) is 97.5 cm³/mol. The van der Waals surface area contributed by atoms with Gasteiger partial charge < -0.3 is 9.84 Å². The maximum atomic E-state index is 9.45. The molecule has 0 unspecified atom stereocenters. The molecule has 2 rings (SSSR count). The Hall–Kier alpha value is -1.09. The Balaban J connectivity index is 2.34. The number of hydrogen-bond donors (Lipinski definition) is 1. The van der Waals surface area contributed by atoms with Crippen molar-refractivity contribution in [1.82, 2.24) is 0 Å². The minimum absolute atomic E-state index is 0.239. The third-order valence-corrected chi connectivity index (χ3v) is 4.66. The molecular weight excluding hydrogens is 355 g/mol. The molecule has 2 nitrogen and oxygen atoms in total. The maximum absolute atomic E-state index is 9.45. The molecule has 23 heavy (non-hydrogen) atoms. The molecule has 0 bridgehead atoms. The normalized spacial score (nSPS) is 11.5. The van der Waals surface area contributed by atoms with E-state index in [0.717, 1.165) is 17.5 Å². The first-order valence-corrected chi connectivity index (χ1v) is 8.63. The molecule has 124 valence electrons. The van der Waals surface area contributed by atoms with Crippen molar-refractivity contribution in [2.45, 2.75) is 25.7 Å². The van der Waals surface area contributed by atoms with E-state index in [1.165, 1.54) is 0 Å². The van der Waals surface area contributed by atoms with Crippen LogP contribution in [0.2, 0.25) is 10.0 Å². The number of rotatable bonds is 6. The average molecular weight is 374 g/mol. The molecule has 0 saturated carbocycles. The van der Waals surface area contributed by atoms with Crippen molar-refractivity contribution < 1.29 is 9.84 Å². The van der Waals surface area contributed by atoms with Crippen LogP contribution in [0.5, 0.6) is 11.5 Å². The van der Waals surface area contributed by atoms with Crippen LogP contribution in [0.3, 0.4) is 0 Å². The van der Waals surface area contributed by atoms with Crippen molar-refractivity contribution in [2.75, 3.05) is 12.5 Å². The van der Waals surface area contributed by atoms with E-state index in [0.29, 0.717) is 28.3 Å². The van der Waals surface area contributed by atoms with Crippen LogP contribution in [0.1, 0.15) is 31.4 Å². The van der Waals surface area contributed by atoms with Gasteiger partial charge in [0.15, 0.2) is 5.75 Å². The predicted octanol–water partition coefficient (Wildman–Crippen LogP) is 6.03. The number of halogens is 3. The van der Waals surface area contributed by atoms with E-state index in [9.17, 15) is 5.11 Å². The highest BCUT2D eigenvalue weighted by Crippen LogP contribution is 2.40. The van der Waals surface area contributed by atoms with Gasteiger partial charge in [0.05, 0.1) is 16.7 Å². The number of hydrogen-bond acceptors (Lipinski definition) is 2. The third-order valence-electron chi connectivity index (χ3n) is 3.83. The quantitative estimate of drug-likeness (QED) is 0.494. The summed E-state index contributed by atoms with van der Waals surface area (Å²) in [6.45, 7) is 4.63. The summed E-state index contributed by atoms with van der Waals surface area (Å²) in [4.78, 5) is 0. The highest BCUT2D eigenvalue weighted by molar-refractivity contribution is 6.37. The van der Waals surface area contributed by atoms with Crippen LogP contribution in [0, 0.1) is 0 Å². The fourth-order valence-corrected chi connectivity index (χ4v) is 3.04. The summed E-state index contributed by atoms with van der Waals surface area (Å²) in [6, 6.07) is 10.9. The van der Waals surface area contributed by atoms with E-state index >= 15 is 0 Å². The Morgan fingerprint density at radius 2 is 1.57 bits per heavy atom. The molecule has 0 aliphatic carbocycles. The molecule has 2 aromatic rings. The number of phenols is 1. The van der Waals surface area contributed by atoms with Crippen molar-refractivity contribution in [2.24, 2.45) is 0 Å². The summed E-state index contributed by atoms with van der Waals surface area (Å²) in [5.41, 5.74) is 1.72. The third kappa shape index (κ3) is 4.26. The van der Waals surface area contributed by atoms with E-state index < -0.39 is 0 Å². The Morgan fingerprint density at radius 3 is 2.09 bits per heavy atom. The van der Waals surface area contributed by atoms with Gasteiger partial charge in [-0.05, 0) is 41.8 Å². The van der Waals surface area contributed by atoms with Gasteiger partial charge in [0.2, 0.25) is 0 Å². The molecule has 0 aromatic heterocycles. The maximum Gasteiger partial charge on any atom is 0.156 e. The Labute approximate surface area is 151 Å². The second-order valence-corrected chi connectivity index (χ2v) is 7.02. The lowest BCUT2D eigenvalue weighted by atomic mass is 9.78. The van der Waals surface area contributed by atoms with Crippen LogP contribution in [0.25, 0.3) is 0 Å². The number of aromatic hydroxyl groups is 1. The van der Waals surface area contributed by atoms with Crippen molar-refractivity contribution in [3.8, 4) is 11.5 Å². The van der Waals surface area contributed by atoms with Gasteiger partial charge in [0.25, 0.3) is 0 Å². The summed E-state index contributed by atoms with van der Waals surface area (Å²) in [6.07, 6.45) is 0.731. The highest BCUT2D eigenvalue weighted by atomic mass is 35.5. The van der Waals surface area contributed by atoms with Crippen LogP contribution >= 0.6 is 34.8 Å². The van der Waals surface area contributed by atoms with E-state index in [4.69, 9.17) is 39.5 Å². The van der Waals surface area contributed by atoms with E-state index in [2.05, 4.69) is 13.8 Å². The first-order chi connectivity index (χ1) is 10.9. The summed E-state index contributed by atoms with van der Waals surface area (Å²) >= 11 is 18.3. The van der Waals surface area contributed by atoms with Gasteiger partial charge in [-0.15, -0.1) is 11.6 Å². The molecule has 0 heterocycles. The first kappa shape index (κ1) is 18.3. The smallest absolute Gasteiger partial charge is 0.156 e. The zero-order valence-electron chi connectivity index (χ0n) is 13.1. The Bertz CT molecular complexity index is 643. The fraction of sp³-hybridized carbons (Fsp3) is 0.333. The summed E-state index contributed by atoms with van der Waals surface area (Å²) in [5, 5.41) is 10.4. The SMILES string of the molecule is CC(C)(c1ccc(O)cc1)c1cc(Cl)c(OCCCCl)c(Cl)c1. The molecule has 0 aliphatic rings. The summed E-state index contributed by atoms with van der Waals surface area (Å²) in [5.74, 6) is 1.26. The molecule has 0 fully saturated rings. The lowest BCUT2D eigenvalue weighted by Crippen LogP contribution is -2.19. The van der Waals surface area contributed by atoms with Crippen molar-refractivity contribution in [3.63, 3.8) is 0 Å². The molecule has 0 aliphatic heterocycles. The summed E-state index contributed by atoms with van der Waals surface area (Å²) < 4.78 is 5.62. The van der Waals surface area contributed by atoms with Gasteiger partial charge in [0.1, 0.15) is 5.75 Å². The number of benzene rings is 2. The second kappa shape index (κ2) is 7.65. The molecule has 2 aromatic carbocycles. The molecule has 0 amide bonds. The lowest BCUT2D eigenvalue weighted by Gasteiger charge is -2.27. The highest BCUT2D eigenvalue weighted by Gasteiger charge is 2.25. The molecule has 0 spiro atoms. The van der Waals surface area contributed by atoms with Crippen molar-refractivity contribution in [1.29, 1.82) is 0 Å². The minimum atomic E-state index is -0.310. The Morgan fingerprint density at radius 1 is 1.00 bits per heavy atom. The zero-order chi connectivity index (χ0) is 17.0. The van der Waals surface area contributed by atoms with Crippen molar-refractivity contribution >= 4 is 34.8 Å². The standard InChI is InChI=1S/C18H19Cl3O2/c1-18(2,12-4-6-14(22)7-5-12)13-10-15(20)17(16(21)11-13)23-9-3-8-19/h4-7,10-11,22H,3,8-9H2,1-2H3. The van der Waals surface area contributed by atoms with E-state index in [1.54, 1.807) is 12.1 Å². The molecular formula is C18H19Cl3O2. The van der Waals surface area contributed by atoms with Crippen LogP contribution in [-0.4, -0.2) is 17.6 Å². The van der Waals surface area contributed by atoms with E-state index in [1.807, 2.05) is 24.3 Å². The number of phenolic OH excluding ortho intramolecular Hbond substituents is 1.